The summed E-state index contributed by atoms with van der Waals surface area (Å²) in [6.07, 6.45) is 1.32. The van der Waals surface area contributed by atoms with Crippen molar-refractivity contribution < 1.29 is 9.53 Å². The molecule has 6 nitrogen and oxygen atoms in total. The van der Waals surface area contributed by atoms with E-state index < -0.39 is 0 Å². The Morgan fingerprint density at radius 1 is 1.47 bits per heavy atom. The molecule has 1 heterocycles. The minimum absolute atomic E-state index is 0.0291. The number of carbonyl (C=O) groups is 1. The number of methoxy groups -OCH3 is 1. The maximum atomic E-state index is 11.6. The van der Waals surface area contributed by atoms with Gasteiger partial charge in [0.05, 0.1) is 7.11 Å². The van der Waals surface area contributed by atoms with Gasteiger partial charge in [0.1, 0.15) is 0 Å². The van der Waals surface area contributed by atoms with Gasteiger partial charge in [0.2, 0.25) is 17.7 Å². The average Bonchev–Trinajstić information content (AvgIpc) is 2.37. The zero-order valence-corrected chi connectivity index (χ0v) is 12.0. The summed E-state index contributed by atoms with van der Waals surface area (Å²) in [6.45, 7) is 6.38. The van der Waals surface area contributed by atoms with Gasteiger partial charge in [0.25, 0.3) is 0 Å². The first-order valence-corrected chi connectivity index (χ1v) is 6.48. The lowest BCUT2D eigenvalue weighted by Gasteiger charge is -2.11. The van der Waals surface area contributed by atoms with E-state index in [0.717, 1.165) is 12.1 Å². The number of aromatic nitrogens is 2. The highest BCUT2D eigenvalue weighted by Crippen LogP contribution is 2.10. The van der Waals surface area contributed by atoms with Crippen molar-refractivity contribution in [3.8, 4) is 5.88 Å². The van der Waals surface area contributed by atoms with E-state index in [0.29, 0.717) is 24.8 Å². The molecule has 0 saturated heterocycles. The molecule has 6 heteroatoms. The smallest absolute Gasteiger partial charge is 0.226 e. The quantitative estimate of drug-likeness (QED) is 0.782. The number of hydrogen-bond donors (Lipinski definition) is 2. The van der Waals surface area contributed by atoms with Crippen LogP contribution in [0.25, 0.3) is 0 Å². The second-order valence-corrected chi connectivity index (χ2v) is 4.43. The summed E-state index contributed by atoms with van der Waals surface area (Å²) in [5.74, 6) is 1.02. The Bertz CT molecular complexity index is 423. The Kier molecular flexibility index (Phi) is 6.05. The van der Waals surface area contributed by atoms with Crippen molar-refractivity contribution in [1.29, 1.82) is 0 Å². The van der Waals surface area contributed by atoms with E-state index in [9.17, 15) is 4.79 Å². The van der Waals surface area contributed by atoms with Crippen molar-refractivity contribution in [2.45, 2.75) is 39.7 Å². The molecule has 1 aromatic rings. The standard InChI is InChI=1S/C13H22N4O2/c1-5-9(2)15-11(18)6-7-14-13-16-10(3)8-12(17-13)19-4/h8-9H,5-7H2,1-4H3,(H,15,18)(H,14,16,17). The van der Waals surface area contributed by atoms with Gasteiger partial charge in [-0.25, -0.2) is 4.98 Å². The first-order chi connectivity index (χ1) is 9.05. The molecule has 19 heavy (non-hydrogen) atoms. The van der Waals surface area contributed by atoms with Gasteiger partial charge in [0.15, 0.2) is 0 Å². The molecule has 0 saturated carbocycles. The van der Waals surface area contributed by atoms with Crippen LogP contribution in [-0.2, 0) is 4.79 Å². The summed E-state index contributed by atoms with van der Waals surface area (Å²) in [7, 11) is 1.56. The van der Waals surface area contributed by atoms with Gasteiger partial charge in [-0.3, -0.25) is 4.79 Å². The van der Waals surface area contributed by atoms with Crippen LogP contribution in [0.3, 0.4) is 0 Å². The Morgan fingerprint density at radius 3 is 2.84 bits per heavy atom. The molecule has 1 rings (SSSR count). The highest BCUT2D eigenvalue weighted by molar-refractivity contribution is 5.76. The average molecular weight is 266 g/mol. The van der Waals surface area contributed by atoms with Crippen LogP contribution in [0.5, 0.6) is 5.88 Å². The number of carbonyl (C=O) groups excluding carboxylic acids is 1. The maximum absolute atomic E-state index is 11.6. The predicted molar refractivity (Wildman–Crippen MR) is 74.3 cm³/mol. The van der Waals surface area contributed by atoms with Crippen molar-refractivity contribution in [3.05, 3.63) is 11.8 Å². The summed E-state index contributed by atoms with van der Waals surface area (Å²) in [6, 6.07) is 1.96. The predicted octanol–water partition coefficient (Wildman–Crippen LogP) is 1.51. The fraction of sp³-hybridized carbons (Fsp3) is 0.615. The lowest BCUT2D eigenvalue weighted by molar-refractivity contribution is -0.121. The number of aryl methyl sites for hydroxylation is 1. The van der Waals surface area contributed by atoms with Gasteiger partial charge in [-0.2, -0.15) is 4.98 Å². The largest absolute Gasteiger partial charge is 0.481 e. The molecule has 0 radical (unpaired) electrons. The van der Waals surface area contributed by atoms with Crippen LogP contribution < -0.4 is 15.4 Å². The van der Waals surface area contributed by atoms with E-state index in [-0.39, 0.29) is 11.9 Å². The molecule has 1 atom stereocenters. The molecule has 106 valence electrons. The number of amides is 1. The van der Waals surface area contributed by atoms with E-state index in [2.05, 4.69) is 20.6 Å². The van der Waals surface area contributed by atoms with Crippen molar-refractivity contribution in [2.75, 3.05) is 19.0 Å². The highest BCUT2D eigenvalue weighted by atomic mass is 16.5. The Labute approximate surface area is 114 Å². The van der Waals surface area contributed by atoms with Crippen LogP contribution in [-0.4, -0.2) is 35.6 Å². The second-order valence-electron chi connectivity index (χ2n) is 4.43. The first-order valence-electron chi connectivity index (χ1n) is 6.48. The third-order valence-corrected chi connectivity index (χ3v) is 2.69. The molecule has 0 aliphatic heterocycles. The third-order valence-electron chi connectivity index (χ3n) is 2.69. The van der Waals surface area contributed by atoms with Crippen LogP contribution in [0.15, 0.2) is 6.07 Å². The molecule has 0 aliphatic rings. The fourth-order valence-electron chi connectivity index (χ4n) is 1.46. The fourth-order valence-corrected chi connectivity index (χ4v) is 1.46. The van der Waals surface area contributed by atoms with Gasteiger partial charge in [-0.05, 0) is 20.3 Å². The lowest BCUT2D eigenvalue weighted by atomic mass is 10.2. The number of nitrogens with zero attached hydrogens (tertiary/aromatic N) is 2. The van der Waals surface area contributed by atoms with E-state index in [4.69, 9.17) is 4.74 Å². The van der Waals surface area contributed by atoms with Crippen LogP contribution in [0.4, 0.5) is 5.95 Å². The number of nitrogens with one attached hydrogen (secondary N) is 2. The normalized spacial score (nSPS) is 11.8. The molecule has 0 fully saturated rings. The van der Waals surface area contributed by atoms with Crippen molar-refractivity contribution in [3.63, 3.8) is 0 Å². The summed E-state index contributed by atoms with van der Waals surface area (Å²) in [5, 5.41) is 5.92. The molecular weight excluding hydrogens is 244 g/mol. The highest BCUT2D eigenvalue weighted by Gasteiger charge is 2.06. The topological polar surface area (TPSA) is 76.1 Å². The van der Waals surface area contributed by atoms with Gasteiger partial charge in [-0.1, -0.05) is 6.92 Å². The number of anilines is 1. The summed E-state index contributed by atoms with van der Waals surface area (Å²) in [4.78, 5) is 19.9. The SMILES string of the molecule is CCC(C)NC(=O)CCNc1nc(C)cc(OC)n1. The molecule has 0 aromatic carbocycles. The second kappa shape index (κ2) is 7.56. The molecule has 0 bridgehead atoms. The molecule has 2 N–H and O–H groups in total. The zero-order valence-electron chi connectivity index (χ0n) is 12.0. The number of ether oxygens (including phenoxy) is 1. The molecule has 1 unspecified atom stereocenters. The molecule has 1 amide bonds. The Morgan fingerprint density at radius 2 is 2.21 bits per heavy atom. The minimum atomic E-state index is 0.0291. The minimum Gasteiger partial charge on any atom is -0.481 e. The van der Waals surface area contributed by atoms with Crippen LogP contribution in [0, 0.1) is 6.92 Å². The van der Waals surface area contributed by atoms with Crippen LogP contribution in [0.2, 0.25) is 0 Å². The van der Waals surface area contributed by atoms with Crippen molar-refractivity contribution in [1.82, 2.24) is 15.3 Å². The number of hydrogen-bond acceptors (Lipinski definition) is 5. The van der Waals surface area contributed by atoms with Crippen LogP contribution >= 0.6 is 0 Å². The van der Waals surface area contributed by atoms with Gasteiger partial charge in [-0.15, -0.1) is 0 Å². The summed E-state index contributed by atoms with van der Waals surface area (Å²) in [5.41, 5.74) is 0.818. The molecule has 1 aromatic heterocycles. The van der Waals surface area contributed by atoms with E-state index >= 15 is 0 Å². The monoisotopic (exact) mass is 266 g/mol. The van der Waals surface area contributed by atoms with E-state index in [1.807, 2.05) is 20.8 Å². The molecular formula is C13H22N4O2. The molecule has 0 aliphatic carbocycles. The van der Waals surface area contributed by atoms with Gasteiger partial charge >= 0.3 is 0 Å². The lowest BCUT2D eigenvalue weighted by Crippen LogP contribution is -2.33. The third kappa shape index (κ3) is 5.54. The Balaban J connectivity index is 2.40. The maximum Gasteiger partial charge on any atom is 0.226 e. The summed E-state index contributed by atoms with van der Waals surface area (Å²) >= 11 is 0. The summed E-state index contributed by atoms with van der Waals surface area (Å²) < 4.78 is 5.06. The molecule has 0 spiro atoms. The number of rotatable bonds is 7. The van der Waals surface area contributed by atoms with Gasteiger partial charge < -0.3 is 15.4 Å². The van der Waals surface area contributed by atoms with Gasteiger partial charge in [0, 0.05) is 30.8 Å². The van der Waals surface area contributed by atoms with E-state index in [1.54, 1.807) is 13.2 Å². The van der Waals surface area contributed by atoms with E-state index in [1.165, 1.54) is 0 Å². The van der Waals surface area contributed by atoms with Crippen LogP contribution in [0.1, 0.15) is 32.4 Å². The first kappa shape index (κ1) is 15.2. The van der Waals surface area contributed by atoms with Crippen molar-refractivity contribution in [2.24, 2.45) is 0 Å². The Hall–Kier alpha value is -1.85. The van der Waals surface area contributed by atoms with Crippen molar-refractivity contribution >= 4 is 11.9 Å². The zero-order chi connectivity index (χ0) is 14.3.